The normalized spacial score (nSPS) is 24.0. The number of aliphatic carboxylic acids is 1. The standard InChI is InChI=1S/C15H20FNO3/c1-15(2,14(19)20)17-7-11(9-18)13(8-17)10-4-3-5-12(16)6-10/h3-6,11,13,18H,7-9H2,1-2H3,(H,19,20)/t11-,13-/m1/s1. The number of rotatable bonds is 4. The molecule has 0 aromatic heterocycles. The molecule has 1 fully saturated rings. The summed E-state index contributed by atoms with van der Waals surface area (Å²) in [5.74, 6) is -1.33. The maximum atomic E-state index is 13.3. The molecule has 0 unspecified atom stereocenters. The molecule has 0 bridgehead atoms. The second kappa shape index (κ2) is 5.50. The average Bonchev–Trinajstić information content (AvgIpc) is 2.83. The summed E-state index contributed by atoms with van der Waals surface area (Å²) in [4.78, 5) is 13.2. The summed E-state index contributed by atoms with van der Waals surface area (Å²) >= 11 is 0. The fraction of sp³-hybridized carbons (Fsp3) is 0.533. The van der Waals surface area contributed by atoms with E-state index in [1.165, 1.54) is 12.1 Å². The molecule has 1 aromatic rings. The molecule has 4 nitrogen and oxygen atoms in total. The Morgan fingerprint density at radius 1 is 1.45 bits per heavy atom. The minimum atomic E-state index is -0.991. The quantitative estimate of drug-likeness (QED) is 0.882. The fourth-order valence-electron chi connectivity index (χ4n) is 2.76. The summed E-state index contributed by atoms with van der Waals surface area (Å²) in [5, 5.41) is 18.8. The summed E-state index contributed by atoms with van der Waals surface area (Å²) in [5.41, 5.74) is -0.178. The Bertz CT molecular complexity index is 504. The van der Waals surface area contributed by atoms with Gasteiger partial charge in [-0.05, 0) is 31.5 Å². The van der Waals surface area contributed by atoms with Crippen molar-refractivity contribution in [2.45, 2.75) is 25.3 Å². The van der Waals surface area contributed by atoms with Crippen LogP contribution in [-0.4, -0.2) is 46.3 Å². The van der Waals surface area contributed by atoms with Crippen molar-refractivity contribution in [2.75, 3.05) is 19.7 Å². The van der Waals surface area contributed by atoms with Crippen LogP contribution in [0.1, 0.15) is 25.3 Å². The molecule has 1 aromatic carbocycles. The first kappa shape index (κ1) is 14.9. The molecule has 2 rings (SSSR count). The molecule has 1 saturated heterocycles. The molecule has 110 valence electrons. The van der Waals surface area contributed by atoms with E-state index in [1.54, 1.807) is 19.9 Å². The van der Waals surface area contributed by atoms with E-state index in [1.807, 2.05) is 11.0 Å². The predicted octanol–water partition coefficient (Wildman–Crippen LogP) is 1.70. The van der Waals surface area contributed by atoms with E-state index >= 15 is 0 Å². The zero-order chi connectivity index (χ0) is 14.9. The van der Waals surface area contributed by atoms with Gasteiger partial charge in [0, 0.05) is 31.5 Å². The lowest BCUT2D eigenvalue weighted by atomic mass is 9.89. The van der Waals surface area contributed by atoms with Gasteiger partial charge in [0.1, 0.15) is 11.4 Å². The molecular weight excluding hydrogens is 261 g/mol. The van der Waals surface area contributed by atoms with Gasteiger partial charge in [-0.15, -0.1) is 0 Å². The lowest BCUT2D eigenvalue weighted by Gasteiger charge is -2.31. The van der Waals surface area contributed by atoms with Gasteiger partial charge in [0.2, 0.25) is 0 Å². The van der Waals surface area contributed by atoms with Crippen molar-refractivity contribution in [3.8, 4) is 0 Å². The smallest absolute Gasteiger partial charge is 0.323 e. The number of carboxylic acid groups (broad SMARTS) is 1. The topological polar surface area (TPSA) is 60.8 Å². The van der Waals surface area contributed by atoms with E-state index in [9.17, 15) is 19.4 Å². The van der Waals surface area contributed by atoms with Crippen molar-refractivity contribution in [3.05, 3.63) is 35.6 Å². The molecule has 2 atom stereocenters. The summed E-state index contributed by atoms with van der Waals surface area (Å²) in [6.07, 6.45) is 0. The van der Waals surface area contributed by atoms with E-state index in [0.29, 0.717) is 13.1 Å². The highest BCUT2D eigenvalue weighted by atomic mass is 19.1. The van der Waals surface area contributed by atoms with Gasteiger partial charge in [0.05, 0.1) is 0 Å². The zero-order valence-electron chi connectivity index (χ0n) is 11.7. The van der Waals surface area contributed by atoms with Crippen LogP contribution in [-0.2, 0) is 4.79 Å². The number of halogens is 1. The zero-order valence-corrected chi connectivity index (χ0v) is 11.7. The van der Waals surface area contributed by atoms with Gasteiger partial charge in [0.15, 0.2) is 0 Å². The Morgan fingerprint density at radius 2 is 2.15 bits per heavy atom. The van der Waals surface area contributed by atoms with Gasteiger partial charge in [-0.2, -0.15) is 0 Å². The Morgan fingerprint density at radius 3 is 2.70 bits per heavy atom. The third kappa shape index (κ3) is 2.69. The number of benzene rings is 1. The van der Waals surface area contributed by atoms with Gasteiger partial charge < -0.3 is 10.2 Å². The molecule has 20 heavy (non-hydrogen) atoms. The van der Waals surface area contributed by atoms with E-state index in [4.69, 9.17) is 0 Å². The molecule has 0 spiro atoms. The van der Waals surface area contributed by atoms with Crippen molar-refractivity contribution < 1.29 is 19.4 Å². The molecule has 1 aliphatic heterocycles. The first-order valence-corrected chi connectivity index (χ1v) is 6.71. The van der Waals surface area contributed by atoms with Gasteiger partial charge in [-0.3, -0.25) is 9.69 Å². The first-order valence-electron chi connectivity index (χ1n) is 6.71. The van der Waals surface area contributed by atoms with Gasteiger partial charge in [-0.1, -0.05) is 12.1 Å². The number of hydrogen-bond donors (Lipinski definition) is 2. The summed E-state index contributed by atoms with van der Waals surface area (Å²) in [7, 11) is 0. The highest BCUT2D eigenvalue weighted by Gasteiger charge is 2.43. The first-order chi connectivity index (χ1) is 9.36. The minimum Gasteiger partial charge on any atom is -0.480 e. The Labute approximate surface area is 117 Å². The van der Waals surface area contributed by atoms with Crippen molar-refractivity contribution in [2.24, 2.45) is 5.92 Å². The molecule has 0 saturated carbocycles. The molecule has 0 amide bonds. The third-order valence-corrected chi connectivity index (χ3v) is 4.27. The highest BCUT2D eigenvalue weighted by Crippen LogP contribution is 2.36. The number of aliphatic hydroxyl groups excluding tert-OH is 1. The van der Waals surface area contributed by atoms with E-state index in [-0.39, 0.29) is 24.3 Å². The Kier molecular flexibility index (Phi) is 4.11. The molecular formula is C15H20FNO3. The van der Waals surface area contributed by atoms with E-state index in [0.717, 1.165) is 5.56 Å². The SMILES string of the molecule is CC(C)(C(=O)O)N1C[C@H](CO)[C@@H](c2cccc(F)c2)C1. The van der Waals surface area contributed by atoms with Crippen LogP contribution >= 0.6 is 0 Å². The van der Waals surface area contributed by atoms with Crippen LogP contribution in [0.4, 0.5) is 4.39 Å². The number of hydrogen-bond acceptors (Lipinski definition) is 3. The van der Waals surface area contributed by atoms with E-state index in [2.05, 4.69) is 0 Å². The number of aliphatic hydroxyl groups is 1. The fourth-order valence-corrected chi connectivity index (χ4v) is 2.76. The van der Waals surface area contributed by atoms with Gasteiger partial charge in [0.25, 0.3) is 0 Å². The second-order valence-electron chi connectivity index (χ2n) is 5.87. The van der Waals surface area contributed by atoms with Crippen molar-refractivity contribution in [1.29, 1.82) is 0 Å². The average molecular weight is 281 g/mol. The summed E-state index contributed by atoms with van der Waals surface area (Å²) in [6, 6.07) is 6.31. The predicted molar refractivity (Wildman–Crippen MR) is 73.0 cm³/mol. The summed E-state index contributed by atoms with van der Waals surface area (Å²) < 4.78 is 13.3. The Hall–Kier alpha value is -1.46. The minimum absolute atomic E-state index is 0.0343. The maximum Gasteiger partial charge on any atom is 0.323 e. The maximum absolute atomic E-state index is 13.3. The van der Waals surface area contributed by atoms with E-state index < -0.39 is 11.5 Å². The van der Waals surface area contributed by atoms with Crippen molar-refractivity contribution >= 4 is 5.97 Å². The van der Waals surface area contributed by atoms with Crippen molar-refractivity contribution in [3.63, 3.8) is 0 Å². The van der Waals surface area contributed by atoms with Crippen molar-refractivity contribution in [1.82, 2.24) is 4.90 Å². The van der Waals surface area contributed by atoms with Crippen LogP contribution in [0.5, 0.6) is 0 Å². The Balaban J connectivity index is 2.25. The molecule has 2 N–H and O–H groups in total. The monoisotopic (exact) mass is 281 g/mol. The highest BCUT2D eigenvalue weighted by molar-refractivity contribution is 5.77. The van der Waals surface area contributed by atoms with Gasteiger partial charge in [-0.25, -0.2) is 4.39 Å². The lowest BCUT2D eigenvalue weighted by Crippen LogP contribution is -2.49. The number of carboxylic acids is 1. The third-order valence-electron chi connectivity index (χ3n) is 4.27. The van der Waals surface area contributed by atoms with Gasteiger partial charge >= 0.3 is 5.97 Å². The number of carbonyl (C=O) groups is 1. The molecule has 1 heterocycles. The van der Waals surface area contributed by atoms with Crippen LogP contribution in [0.3, 0.4) is 0 Å². The molecule has 5 heteroatoms. The number of nitrogens with zero attached hydrogens (tertiary/aromatic N) is 1. The van der Waals surface area contributed by atoms with Crippen LogP contribution in [0.15, 0.2) is 24.3 Å². The molecule has 0 radical (unpaired) electrons. The number of likely N-dealkylation sites (tertiary alicyclic amines) is 1. The second-order valence-corrected chi connectivity index (χ2v) is 5.87. The summed E-state index contributed by atoms with van der Waals surface area (Å²) in [6.45, 7) is 4.27. The van der Waals surface area contributed by atoms with Crippen LogP contribution < -0.4 is 0 Å². The van der Waals surface area contributed by atoms with Crippen LogP contribution in [0.2, 0.25) is 0 Å². The van der Waals surface area contributed by atoms with Crippen LogP contribution in [0.25, 0.3) is 0 Å². The molecule has 1 aliphatic rings. The van der Waals surface area contributed by atoms with Crippen LogP contribution in [0, 0.1) is 11.7 Å². The lowest BCUT2D eigenvalue weighted by molar-refractivity contribution is -0.148. The largest absolute Gasteiger partial charge is 0.480 e. The molecule has 0 aliphatic carbocycles.